The zero-order chi connectivity index (χ0) is 9.97. The van der Waals surface area contributed by atoms with Gasteiger partial charge < -0.3 is 5.11 Å². The normalized spacial score (nSPS) is 10.9. The third-order valence-electron chi connectivity index (χ3n) is 1.92. The molecule has 2 aromatic heterocycles. The molecule has 1 N–H and O–H groups in total. The smallest absolute Gasteiger partial charge is 0.350 e. The lowest BCUT2D eigenvalue weighted by Gasteiger charge is -1.93. The van der Waals surface area contributed by atoms with Crippen molar-refractivity contribution in [2.45, 2.75) is 13.0 Å². The molecule has 0 atom stereocenters. The Kier molecular flexibility index (Phi) is 2.28. The minimum absolute atomic E-state index is 0.0541. The van der Waals surface area contributed by atoms with E-state index in [1.165, 1.54) is 21.5 Å². The number of fused-ring (bicyclic) bond motifs is 1. The molecular weight excluding hydrogens is 184 g/mol. The zero-order valence-corrected chi connectivity index (χ0v) is 7.50. The highest BCUT2D eigenvalue weighted by Gasteiger charge is 2.04. The molecule has 0 amide bonds. The lowest BCUT2D eigenvalue weighted by Crippen LogP contribution is -2.21. The largest absolute Gasteiger partial charge is 0.396 e. The van der Waals surface area contributed by atoms with Gasteiger partial charge in [-0.25, -0.2) is 13.9 Å². The molecule has 0 aliphatic rings. The van der Waals surface area contributed by atoms with Crippen LogP contribution in [0.2, 0.25) is 0 Å². The number of aromatic nitrogens is 4. The molecule has 2 aromatic rings. The van der Waals surface area contributed by atoms with Crippen LogP contribution in [0.25, 0.3) is 5.65 Å². The van der Waals surface area contributed by atoms with Crippen LogP contribution in [0.5, 0.6) is 0 Å². The second kappa shape index (κ2) is 3.59. The number of aryl methyl sites for hydroxylation is 1. The number of aliphatic hydroxyl groups is 1. The van der Waals surface area contributed by atoms with E-state index >= 15 is 0 Å². The lowest BCUT2D eigenvalue weighted by atomic mass is 10.5. The minimum atomic E-state index is -0.198. The summed E-state index contributed by atoms with van der Waals surface area (Å²) in [6.45, 7) is 0.482. The predicted octanol–water partition coefficient (Wildman–Crippen LogP) is -0.727. The van der Waals surface area contributed by atoms with Gasteiger partial charge in [-0.15, -0.1) is 5.10 Å². The fourth-order valence-electron chi connectivity index (χ4n) is 1.25. The summed E-state index contributed by atoms with van der Waals surface area (Å²) >= 11 is 0. The van der Waals surface area contributed by atoms with Crippen molar-refractivity contribution in [1.29, 1.82) is 0 Å². The molecule has 0 aromatic carbocycles. The van der Waals surface area contributed by atoms with Crippen LogP contribution < -0.4 is 5.69 Å². The van der Waals surface area contributed by atoms with E-state index in [9.17, 15) is 4.79 Å². The first kappa shape index (κ1) is 8.89. The van der Waals surface area contributed by atoms with Crippen LogP contribution in [0.3, 0.4) is 0 Å². The first-order valence-electron chi connectivity index (χ1n) is 4.33. The molecular formula is C8H10N4O2. The fourth-order valence-corrected chi connectivity index (χ4v) is 1.25. The van der Waals surface area contributed by atoms with Gasteiger partial charge in [0.15, 0.2) is 5.65 Å². The van der Waals surface area contributed by atoms with Crippen molar-refractivity contribution in [2.24, 2.45) is 0 Å². The van der Waals surface area contributed by atoms with E-state index in [0.717, 1.165) is 0 Å². The topological polar surface area (TPSA) is 72.4 Å². The van der Waals surface area contributed by atoms with Gasteiger partial charge in [-0.3, -0.25) is 4.98 Å². The van der Waals surface area contributed by atoms with Gasteiger partial charge >= 0.3 is 5.69 Å². The Bertz CT molecular complexity index is 487. The maximum Gasteiger partial charge on any atom is 0.350 e. The van der Waals surface area contributed by atoms with Gasteiger partial charge in [0.25, 0.3) is 0 Å². The Morgan fingerprint density at radius 2 is 2.36 bits per heavy atom. The molecule has 0 saturated heterocycles. The molecule has 0 aliphatic heterocycles. The summed E-state index contributed by atoms with van der Waals surface area (Å²) in [5.74, 6) is 0. The van der Waals surface area contributed by atoms with Crippen molar-refractivity contribution in [2.75, 3.05) is 6.61 Å². The molecule has 14 heavy (non-hydrogen) atoms. The second-order valence-corrected chi connectivity index (χ2v) is 2.89. The summed E-state index contributed by atoms with van der Waals surface area (Å²) in [6, 6.07) is 0. The molecule has 0 saturated carbocycles. The van der Waals surface area contributed by atoms with E-state index in [0.29, 0.717) is 18.6 Å². The van der Waals surface area contributed by atoms with Gasteiger partial charge in [-0.2, -0.15) is 0 Å². The van der Waals surface area contributed by atoms with Gasteiger partial charge in [0.2, 0.25) is 0 Å². The molecule has 0 aliphatic carbocycles. The highest BCUT2D eigenvalue weighted by molar-refractivity contribution is 5.31. The highest BCUT2D eigenvalue weighted by atomic mass is 16.3. The molecule has 6 heteroatoms. The van der Waals surface area contributed by atoms with Crippen molar-refractivity contribution >= 4 is 5.65 Å². The van der Waals surface area contributed by atoms with E-state index in [4.69, 9.17) is 5.11 Å². The number of nitrogens with zero attached hydrogens (tertiary/aromatic N) is 4. The molecule has 2 heterocycles. The second-order valence-electron chi connectivity index (χ2n) is 2.89. The van der Waals surface area contributed by atoms with Crippen LogP contribution in [0.4, 0.5) is 0 Å². The van der Waals surface area contributed by atoms with E-state index < -0.39 is 0 Å². The van der Waals surface area contributed by atoms with E-state index in [1.54, 1.807) is 6.20 Å². The maximum absolute atomic E-state index is 11.6. The Labute approximate surface area is 79.4 Å². The molecule has 0 fully saturated rings. The molecule has 0 spiro atoms. The molecule has 2 rings (SSSR count). The first-order chi connectivity index (χ1) is 6.83. The maximum atomic E-state index is 11.6. The Morgan fingerprint density at radius 3 is 3.07 bits per heavy atom. The van der Waals surface area contributed by atoms with Crippen molar-refractivity contribution in [3.63, 3.8) is 0 Å². The lowest BCUT2D eigenvalue weighted by molar-refractivity contribution is 0.276. The van der Waals surface area contributed by atoms with Crippen LogP contribution in [0.1, 0.15) is 6.42 Å². The minimum Gasteiger partial charge on any atom is -0.396 e. The van der Waals surface area contributed by atoms with E-state index in [2.05, 4.69) is 10.1 Å². The van der Waals surface area contributed by atoms with Gasteiger partial charge in [0.1, 0.15) is 0 Å². The number of hydrogen-bond donors (Lipinski definition) is 1. The predicted molar refractivity (Wildman–Crippen MR) is 48.9 cm³/mol. The SMILES string of the molecule is O=c1n(CCCO)nc2cnccn12. The summed E-state index contributed by atoms with van der Waals surface area (Å²) in [7, 11) is 0. The fraction of sp³-hybridized carbons (Fsp3) is 0.375. The number of aliphatic hydroxyl groups excluding tert-OH is 1. The van der Waals surface area contributed by atoms with Crippen LogP contribution in [0.15, 0.2) is 23.4 Å². The third-order valence-corrected chi connectivity index (χ3v) is 1.92. The highest BCUT2D eigenvalue weighted by Crippen LogP contribution is 1.92. The Balaban J connectivity index is 2.47. The van der Waals surface area contributed by atoms with Crippen molar-refractivity contribution < 1.29 is 5.11 Å². The van der Waals surface area contributed by atoms with Crippen molar-refractivity contribution in [3.8, 4) is 0 Å². The van der Waals surface area contributed by atoms with E-state index in [1.807, 2.05) is 0 Å². The summed E-state index contributed by atoms with van der Waals surface area (Å²) in [5.41, 5.74) is 0.325. The monoisotopic (exact) mass is 194 g/mol. The molecule has 0 bridgehead atoms. The van der Waals surface area contributed by atoms with E-state index in [-0.39, 0.29) is 12.3 Å². The number of hydrogen-bond acceptors (Lipinski definition) is 4. The quantitative estimate of drug-likeness (QED) is 0.699. The Morgan fingerprint density at radius 1 is 1.50 bits per heavy atom. The molecule has 74 valence electrons. The van der Waals surface area contributed by atoms with Gasteiger partial charge in [-0.1, -0.05) is 0 Å². The average molecular weight is 194 g/mol. The molecule has 6 nitrogen and oxygen atoms in total. The van der Waals surface area contributed by atoms with Crippen LogP contribution in [-0.4, -0.2) is 30.9 Å². The number of rotatable bonds is 3. The average Bonchev–Trinajstić information content (AvgIpc) is 2.54. The van der Waals surface area contributed by atoms with Gasteiger partial charge in [0.05, 0.1) is 6.20 Å². The first-order valence-corrected chi connectivity index (χ1v) is 4.33. The van der Waals surface area contributed by atoms with Crippen molar-refractivity contribution in [3.05, 3.63) is 29.1 Å². The summed E-state index contributed by atoms with van der Waals surface area (Å²) in [4.78, 5) is 15.5. The third kappa shape index (κ3) is 1.39. The van der Waals surface area contributed by atoms with Gasteiger partial charge in [0, 0.05) is 25.5 Å². The van der Waals surface area contributed by atoms with Crippen LogP contribution in [0, 0.1) is 0 Å². The molecule has 0 unspecified atom stereocenters. The Hall–Kier alpha value is -1.69. The van der Waals surface area contributed by atoms with Crippen LogP contribution in [-0.2, 0) is 6.54 Å². The summed E-state index contributed by atoms with van der Waals surface area (Å²) < 4.78 is 2.75. The van der Waals surface area contributed by atoms with Crippen LogP contribution >= 0.6 is 0 Å². The van der Waals surface area contributed by atoms with Crippen molar-refractivity contribution in [1.82, 2.24) is 19.2 Å². The standard InChI is InChI=1S/C8H10N4O2/c13-5-1-3-12-8(14)11-4-2-9-6-7(11)10-12/h2,4,6,13H,1,3,5H2. The molecule has 0 radical (unpaired) electrons. The zero-order valence-electron chi connectivity index (χ0n) is 7.50. The summed E-state index contributed by atoms with van der Waals surface area (Å²) in [5, 5.41) is 12.7. The van der Waals surface area contributed by atoms with Gasteiger partial charge in [-0.05, 0) is 6.42 Å². The summed E-state index contributed by atoms with van der Waals surface area (Å²) in [6.07, 6.45) is 5.15.